The van der Waals surface area contributed by atoms with Crippen molar-refractivity contribution in [3.05, 3.63) is 35.4 Å². The van der Waals surface area contributed by atoms with E-state index in [1.807, 2.05) is 6.08 Å². The van der Waals surface area contributed by atoms with Crippen molar-refractivity contribution in [2.75, 3.05) is 14.2 Å². The number of benzene rings is 1. The van der Waals surface area contributed by atoms with Crippen LogP contribution in [0.2, 0.25) is 0 Å². The zero-order chi connectivity index (χ0) is 26.5. The number of phenolic OH excluding ortho intramolecular Hbond substituents is 1. The van der Waals surface area contributed by atoms with Crippen LogP contribution in [0.1, 0.15) is 45.1 Å². The molecule has 3 fully saturated rings. The molecule has 0 unspecified atom stereocenters. The quantitative estimate of drug-likeness (QED) is 0.355. The molecule has 1 N–H and O–H groups in total. The molecule has 0 radical (unpaired) electrons. The fourth-order valence-electron chi connectivity index (χ4n) is 6.67. The lowest BCUT2D eigenvalue weighted by atomic mass is 9.56. The smallest absolute Gasteiger partial charge is 0.253 e. The van der Waals surface area contributed by atoms with Crippen LogP contribution in [0.25, 0.3) is 0 Å². The van der Waals surface area contributed by atoms with Crippen LogP contribution in [-0.2, 0) is 19.2 Å². The molecular formula is C26H28Cl2N2O6. The largest absolute Gasteiger partial charge is 0.504 e. The Hall–Kier alpha value is -2.58. The van der Waals surface area contributed by atoms with Crippen LogP contribution in [0.3, 0.4) is 0 Å². The van der Waals surface area contributed by atoms with Gasteiger partial charge in [-0.15, -0.1) is 23.2 Å². The van der Waals surface area contributed by atoms with E-state index >= 15 is 0 Å². The summed E-state index contributed by atoms with van der Waals surface area (Å²) >= 11 is 14.2. The first kappa shape index (κ1) is 25.1. The van der Waals surface area contributed by atoms with Gasteiger partial charge in [0, 0.05) is 18.5 Å². The first-order valence-electron chi connectivity index (χ1n) is 11.8. The van der Waals surface area contributed by atoms with Gasteiger partial charge in [-0.25, -0.2) is 0 Å². The standard InChI is InChI=1S/C26H28Cl2N2O6/c1-24(2,3)30-20(32)14-8-7-13-15(18(14)21(30)33)11-25(27)22(34)29(4)23(35)26(25,28)19(13)12-6-9-17(36-5)16(31)10-12/h6-7,9-10,14-15,18-19,31H,8,11H2,1-5H3/t14-,15+,18-,19-,25+,26-/m0/s1. The first-order chi connectivity index (χ1) is 16.7. The second-order valence-electron chi connectivity index (χ2n) is 11.1. The summed E-state index contributed by atoms with van der Waals surface area (Å²) in [5.41, 5.74) is 0.430. The van der Waals surface area contributed by atoms with Crippen molar-refractivity contribution in [2.45, 2.75) is 54.8 Å². The normalized spacial score (nSPS) is 36.0. The minimum Gasteiger partial charge on any atom is -0.504 e. The van der Waals surface area contributed by atoms with Crippen LogP contribution in [0.4, 0.5) is 0 Å². The topological polar surface area (TPSA) is 104 Å². The van der Waals surface area contributed by atoms with Gasteiger partial charge in [-0.05, 0) is 57.2 Å². The number of halogens is 2. The lowest BCUT2D eigenvalue weighted by Gasteiger charge is -2.50. The third-order valence-electron chi connectivity index (χ3n) is 8.22. The van der Waals surface area contributed by atoms with E-state index in [-0.39, 0.29) is 29.7 Å². The molecule has 2 heterocycles. The molecule has 2 aliphatic carbocycles. The van der Waals surface area contributed by atoms with Gasteiger partial charge in [-0.2, -0.15) is 0 Å². The summed E-state index contributed by atoms with van der Waals surface area (Å²) in [6.07, 6.45) is 2.11. The average molecular weight is 535 g/mol. The summed E-state index contributed by atoms with van der Waals surface area (Å²) in [6.45, 7) is 5.41. The minimum absolute atomic E-state index is 0.0599. The van der Waals surface area contributed by atoms with Crippen molar-refractivity contribution < 1.29 is 29.0 Å². The molecule has 10 heteroatoms. The third kappa shape index (κ3) is 2.94. The Balaban J connectivity index is 1.72. The number of alkyl halides is 2. The Morgan fingerprint density at radius 2 is 1.72 bits per heavy atom. The summed E-state index contributed by atoms with van der Waals surface area (Å²) in [7, 11) is 2.76. The van der Waals surface area contributed by atoms with Gasteiger partial charge in [0.1, 0.15) is 0 Å². The number of ether oxygens (including phenoxy) is 1. The number of nitrogens with zero attached hydrogens (tertiary/aromatic N) is 2. The number of hydrogen-bond donors (Lipinski definition) is 1. The monoisotopic (exact) mass is 534 g/mol. The maximum Gasteiger partial charge on any atom is 0.253 e. The van der Waals surface area contributed by atoms with E-state index in [1.165, 1.54) is 25.1 Å². The van der Waals surface area contributed by atoms with Crippen molar-refractivity contribution >= 4 is 46.8 Å². The molecule has 6 atom stereocenters. The zero-order valence-electron chi connectivity index (χ0n) is 20.7. The molecule has 0 aromatic heterocycles. The van der Waals surface area contributed by atoms with Gasteiger partial charge in [0.05, 0.1) is 18.9 Å². The molecule has 1 aromatic rings. The highest BCUT2D eigenvalue weighted by molar-refractivity contribution is 6.53. The number of carbonyl (C=O) groups excluding carboxylic acids is 4. The summed E-state index contributed by atoms with van der Waals surface area (Å²) in [5, 5.41) is 10.5. The van der Waals surface area contributed by atoms with Crippen molar-refractivity contribution in [1.29, 1.82) is 0 Å². The Kier molecular flexibility index (Phi) is 5.37. The van der Waals surface area contributed by atoms with E-state index in [1.54, 1.807) is 32.9 Å². The number of fused-ring (bicyclic) bond motifs is 4. The summed E-state index contributed by atoms with van der Waals surface area (Å²) in [5.74, 6) is -4.58. The van der Waals surface area contributed by atoms with Gasteiger partial charge >= 0.3 is 0 Å². The van der Waals surface area contributed by atoms with Crippen LogP contribution in [0, 0.1) is 17.8 Å². The molecule has 1 saturated carbocycles. The molecule has 0 spiro atoms. The van der Waals surface area contributed by atoms with E-state index in [0.29, 0.717) is 17.6 Å². The Labute approximate surface area is 219 Å². The number of methoxy groups -OCH3 is 1. The van der Waals surface area contributed by atoms with Gasteiger partial charge < -0.3 is 9.84 Å². The highest BCUT2D eigenvalue weighted by Crippen LogP contribution is 2.65. The average Bonchev–Trinajstić information content (AvgIpc) is 3.14. The number of amides is 4. The van der Waals surface area contributed by atoms with Crippen LogP contribution < -0.4 is 4.74 Å². The number of phenols is 1. The Morgan fingerprint density at radius 1 is 1.06 bits per heavy atom. The van der Waals surface area contributed by atoms with Crippen molar-refractivity contribution in [1.82, 2.24) is 9.80 Å². The molecule has 4 amide bonds. The van der Waals surface area contributed by atoms with Crippen LogP contribution in [-0.4, -0.2) is 68.0 Å². The minimum atomic E-state index is -1.88. The Morgan fingerprint density at radius 3 is 2.31 bits per heavy atom. The van der Waals surface area contributed by atoms with Gasteiger partial charge in [0.15, 0.2) is 21.2 Å². The van der Waals surface area contributed by atoms with Gasteiger partial charge in [-0.1, -0.05) is 17.7 Å². The fraction of sp³-hybridized carbons (Fsp3) is 0.538. The molecule has 0 bridgehead atoms. The maximum absolute atomic E-state index is 13.7. The molecule has 1 aromatic carbocycles. The Bertz CT molecular complexity index is 1260. The third-order valence-corrected chi connectivity index (χ3v) is 9.63. The number of allylic oxidation sites excluding steroid dienone is 2. The van der Waals surface area contributed by atoms with Gasteiger partial charge in [0.25, 0.3) is 11.8 Å². The number of carbonyl (C=O) groups is 4. The van der Waals surface area contributed by atoms with Gasteiger partial charge in [-0.3, -0.25) is 29.0 Å². The van der Waals surface area contributed by atoms with E-state index < -0.39 is 50.8 Å². The number of hydrogen-bond acceptors (Lipinski definition) is 6. The maximum atomic E-state index is 13.7. The van der Waals surface area contributed by atoms with E-state index in [0.717, 1.165) is 4.90 Å². The molecule has 2 aliphatic heterocycles. The number of imide groups is 2. The van der Waals surface area contributed by atoms with Crippen molar-refractivity contribution in [2.24, 2.45) is 17.8 Å². The molecular weight excluding hydrogens is 507 g/mol. The van der Waals surface area contributed by atoms with Crippen LogP contribution in [0.5, 0.6) is 11.5 Å². The zero-order valence-corrected chi connectivity index (χ0v) is 22.2. The predicted octanol–water partition coefficient (Wildman–Crippen LogP) is 3.19. The fourth-order valence-corrected chi connectivity index (χ4v) is 7.69. The number of aromatic hydroxyl groups is 1. The van der Waals surface area contributed by atoms with Gasteiger partial charge in [0.2, 0.25) is 11.8 Å². The highest BCUT2D eigenvalue weighted by atomic mass is 35.5. The van der Waals surface area contributed by atoms with E-state index in [4.69, 9.17) is 27.9 Å². The van der Waals surface area contributed by atoms with E-state index in [9.17, 15) is 24.3 Å². The highest BCUT2D eigenvalue weighted by Gasteiger charge is 2.76. The molecule has 8 nitrogen and oxygen atoms in total. The van der Waals surface area contributed by atoms with Crippen LogP contribution >= 0.6 is 23.2 Å². The lowest BCUT2D eigenvalue weighted by Crippen LogP contribution is -2.60. The number of likely N-dealkylation sites (tertiary alicyclic amines) is 2. The summed E-state index contributed by atoms with van der Waals surface area (Å²) in [6, 6.07) is 4.66. The molecule has 192 valence electrons. The first-order valence-corrected chi connectivity index (χ1v) is 12.6. The summed E-state index contributed by atoms with van der Waals surface area (Å²) < 4.78 is 5.17. The second-order valence-corrected chi connectivity index (χ2v) is 12.4. The predicted molar refractivity (Wildman–Crippen MR) is 132 cm³/mol. The van der Waals surface area contributed by atoms with E-state index in [2.05, 4.69) is 0 Å². The van der Waals surface area contributed by atoms with Crippen molar-refractivity contribution in [3.63, 3.8) is 0 Å². The van der Waals surface area contributed by atoms with Crippen LogP contribution in [0.15, 0.2) is 29.8 Å². The van der Waals surface area contributed by atoms with Crippen molar-refractivity contribution in [3.8, 4) is 11.5 Å². The summed E-state index contributed by atoms with van der Waals surface area (Å²) in [4.78, 5) is 52.5. The molecule has 36 heavy (non-hydrogen) atoms. The molecule has 2 saturated heterocycles. The lowest BCUT2D eigenvalue weighted by molar-refractivity contribution is -0.146. The molecule has 4 aliphatic rings. The SMILES string of the molecule is COc1ccc([C@H]2C3=CC[C@@H]4C(=O)N(C(C)(C)C)C(=O)[C@@H]4[C@@H]3C[C@@]3(Cl)C(=O)N(C)C(=O)[C@@]23Cl)cc1O. The number of rotatable bonds is 2. The second kappa shape index (κ2) is 7.71. The molecule has 5 rings (SSSR count).